The van der Waals surface area contributed by atoms with Gasteiger partial charge in [-0.2, -0.15) is 0 Å². The topological polar surface area (TPSA) is 69.6 Å². The lowest BCUT2D eigenvalue weighted by Gasteiger charge is -2.37. The van der Waals surface area contributed by atoms with E-state index < -0.39 is 11.5 Å². The second-order valence-corrected chi connectivity index (χ2v) is 5.31. The Kier molecular flexibility index (Phi) is 4.14. The Morgan fingerprint density at radius 2 is 2.00 bits per heavy atom. The second-order valence-electron chi connectivity index (χ2n) is 5.31. The van der Waals surface area contributed by atoms with Gasteiger partial charge >= 0.3 is 5.97 Å². The Hall–Kier alpha value is -1.10. The average molecular weight is 242 g/mol. The summed E-state index contributed by atoms with van der Waals surface area (Å²) < 4.78 is 0. The summed E-state index contributed by atoms with van der Waals surface area (Å²) >= 11 is 0. The van der Waals surface area contributed by atoms with Crippen LogP contribution in [0.2, 0.25) is 0 Å². The third-order valence-corrected chi connectivity index (χ3v) is 3.73. The molecule has 2 unspecified atom stereocenters. The minimum Gasteiger partial charge on any atom is -0.480 e. The van der Waals surface area contributed by atoms with Crippen LogP contribution in [0.3, 0.4) is 0 Å². The fourth-order valence-corrected chi connectivity index (χ4v) is 2.01. The van der Waals surface area contributed by atoms with E-state index in [-0.39, 0.29) is 17.9 Å². The highest BCUT2D eigenvalue weighted by molar-refractivity contribution is 5.89. The highest BCUT2D eigenvalue weighted by Crippen LogP contribution is 2.21. The number of piperidine rings is 1. The molecule has 2 atom stereocenters. The number of nitrogens with one attached hydrogen (secondary N) is 1. The van der Waals surface area contributed by atoms with Gasteiger partial charge in [0.15, 0.2) is 0 Å². The van der Waals surface area contributed by atoms with Crippen LogP contribution in [-0.2, 0) is 9.59 Å². The first kappa shape index (κ1) is 14.0. The third kappa shape index (κ3) is 2.77. The van der Waals surface area contributed by atoms with Crippen molar-refractivity contribution in [2.24, 2.45) is 5.92 Å². The summed E-state index contributed by atoms with van der Waals surface area (Å²) in [5.41, 5.74) is -1.17. The van der Waals surface area contributed by atoms with Gasteiger partial charge in [-0.05, 0) is 39.2 Å². The maximum absolute atomic E-state index is 12.3. The number of hydrogen-bond donors (Lipinski definition) is 2. The van der Waals surface area contributed by atoms with E-state index in [1.807, 2.05) is 6.92 Å². The number of carbonyl (C=O) groups is 2. The van der Waals surface area contributed by atoms with Gasteiger partial charge in [0.25, 0.3) is 0 Å². The van der Waals surface area contributed by atoms with Crippen molar-refractivity contribution in [2.45, 2.75) is 45.2 Å². The lowest BCUT2D eigenvalue weighted by atomic mass is 9.90. The van der Waals surface area contributed by atoms with Gasteiger partial charge in [-0.25, -0.2) is 4.79 Å². The molecule has 0 bridgehead atoms. The van der Waals surface area contributed by atoms with Gasteiger partial charge < -0.3 is 15.3 Å². The molecule has 17 heavy (non-hydrogen) atoms. The Morgan fingerprint density at radius 1 is 1.41 bits per heavy atom. The first-order chi connectivity index (χ1) is 7.78. The van der Waals surface area contributed by atoms with E-state index in [1.165, 1.54) is 4.90 Å². The number of carboxylic acids is 1. The normalized spacial score (nSPS) is 25.4. The van der Waals surface area contributed by atoms with Gasteiger partial charge in [0.2, 0.25) is 5.91 Å². The average Bonchev–Trinajstić information content (AvgIpc) is 2.27. The number of rotatable bonds is 3. The molecule has 1 heterocycles. The van der Waals surface area contributed by atoms with Crippen LogP contribution in [0.25, 0.3) is 0 Å². The van der Waals surface area contributed by atoms with E-state index in [9.17, 15) is 9.59 Å². The SMILES string of the molecule is CC1CCCNC1C(=O)N(C)C(C)(C)C(=O)O. The van der Waals surface area contributed by atoms with Crippen LogP contribution in [0.4, 0.5) is 0 Å². The van der Waals surface area contributed by atoms with Crippen molar-refractivity contribution >= 4 is 11.9 Å². The van der Waals surface area contributed by atoms with Crippen LogP contribution in [0.1, 0.15) is 33.6 Å². The number of carboxylic acid groups (broad SMARTS) is 1. The standard InChI is InChI=1S/C12H22N2O3/c1-8-6-5-7-13-9(8)10(15)14(4)12(2,3)11(16)17/h8-9,13H,5-7H2,1-4H3,(H,16,17). The molecule has 1 fully saturated rings. The molecule has 0 aromatic carbocycles. The van der Waals surface area contributed by atoms with E-state index in [1.54, 1.807) is 20.9 Å². The molecule has 2 N–H and O–H groups in total. The number of carbonyl (C=O) groups excluding carboxylic acids is 1. The van der Waals surface area contributed by atoms with Crippen LogP contribution in [-0.4, -0.2) is 47.1 Å². The van der Waals surface area contributed by atoms with E-state index >= 15 is 0 Å². The number of hydrogen-bond acceptors (Lipinski definition) is 3. The lowest BCUT2D eigenvalue weighted by molar-refractivity contribution is -0.156. The summed E-state index contributed by atoms with van der Waals surface area (Å²) in [6.45, 7) is 5.93. The molecule has 0 aromatic heterocycles. The molecule has 1 rings (SSSR count). The van der Waals surface area contributed by atoms with Crippen molar-refractivity contribution in [3.63, 3.8) is 0 Å². The summed E-state index contributed by atoms with van der Waals surface area (Å²) in [7, 11) is 1.56. The fraction of sp³-hybridized carbons (Fsp3) is 0.833. The van der Waals surface area contributed by atoms with Crippen molar-refractivity contribution in [3.8, 4) is 0 Å². The molecule has 0 aromatic rings. The first-order valence-corrected chi connectivity index (χ1v) is 6.03. The molecule has 0 spiro atoms. The van der Waals surface area contributed by atoms with Gasteiger partial charge in [-0.1, -0.05) is 6.92 Å². The molecule has 1 aliphatic heterocycles. The van der Waals surface area contributed by atoms with Crippen LogP contribution in [0, 0.1) is 5.92 Å². The highest BCUT2D eigenvalue weighted by Gasteiger charge is 2.39. The molecule has 0 aliphatic carbocycles. The first-order valence-electron chi connectivity index (χ1n) is 6.03. The molecule has 5 nitrogen and oxygen atoms in total. The predicted octanol–water partition coefficient (Wildman–Crippen LogP) is 0.696. The molecule has 0 saturated carbocycles. The molecule has 1 saturated heterocycles. The van der Waals surface area contributed by atoms with Crippen LogP contribution in [0.5, 0.6) is 0 Å². The number of aliphatic carboxylic acids is 1. The monoisotopic (exact) mass is 242 g/mol. The van der Waals surface area contributed by atoms with Crippen molar-refractivity contribution in [1.29, 1.82) is 0 Å². The number of amides is 1. The molecule has 1 amide bonds. The summed E-state index contributed by atoms with van der Waals surface area (Å²) in [6, 6.07) is -0.257. The van der Waals surface area contributed by atoms with E-state index in [0.29, 0.717) is 0 Å². The second kappa shape index (κ2) is 5.04. The minimum atomic E-state index is -1.17. The minimum absolute atomic E-state index is 0.135. The number of likely N-dealkylation sites (N-methyl/N-ethyl adjacent to an activating group) is 1. The van der Waals surface area contributed by atoms with Gasteiger partial charge in [0.1, 0.15) is 5.54 Å². The van der Waals surface area contributed by atoms with E-state index in [2.05, 4.69) is 5.32 Å². The quantitative estimate of drug-likeness (QED) is 0.764. The lowest BCUT2D eigenvalue weighted by Crippen LogP contribution is -2.58. The maximum atomic E-state index is 12.3. The van der Waals surface area contributed by atoms with Gasteiger partial charge in [-0.3, -0.25) is 4.79 Å². The zero-order chi connectivity index (χ0) is 13.2. The molecular formula is C12H22N2O3. The van der Waals surface area contributed by atoms with Gasteiger partial charge in [0.05, 0.1) is 6.04 Å². The third-order valence-electron chi connectivity index (χ3n) is 3.73. The van der Waals surface area contributed by atoms with Crippen LogP contribution in [0.15, 0.2) is 0 Å². The molecule has 0 radical (unpaired) electrons. The van der Waals surface area contributed by atoms with Crippen molar-refractivity contribution in [2.75, 3.05) is 13.6 Å². The predicted molar refractivity (Wildman–Crippen MR) is 64.7 cm³/mol. The Bertz CT molecular complexity index is 315. The van der Waals surface area contributed by atoms with Gasteiger partial charge in [0, 0.05) is 7.05 Å². The summed E-state index contributed by atoms with van der Waals surface area (Å²) in [4.78, 5) is 24.7. The summed E-state index contributed by atoms with van der Waals surface area (Å²) in [5.74, 6) is -0.871. The Morgan fingerprint density at radius 3 is 2.47 bits per heavy atom. The Labute approximate surface area is 102 Å². The fourth-order valence-electron chi connectivity index (χ4n) is 2.01. The largest absolute Gasteiger partial charge is 0.480 e. The van der Waals surface area contributed by atoms with E-state index in [4.69, 9.17) is 5.11 Å². The van der Waals surface area contributed by atoms with Crippen molar-refractivity contribution < 1.29 is 14.7 Å². The van der Waals surface area contributed by atoms with Crippen molar-refractivity contribution in [3.05, 3.63) is 0 Å². The summed E-state index contributed by atoms with van der Waals surface area (Å²) in [6.07, 6.45) is 2.07. The van der Waals surface area contributed by atoms with Crippen LogP contribution < -0.4 is 5.32 Å². The van der Waals surface area contributed by atoms with Gasteiger partial charge in [-0.15, -0.1) is 0 Å². The maximum Gasteiger partial charge on any atom is 0.329 e. The molecular weight excluding hydrogens is 220 g/mol. The molecule has 5 heteroatoms. The number of nitrogens with zero attached hydrogens (tertiary/aromatic N) is 1. The zero-order valence-corrected chi connectivity index (χ0v) is 11.0. The molecule has 98 valence electrons. The van der Waals surface area contributed by atoms with E-state index in [0.717, 1.165) is 19.4 Å². The summed E-state index contributed by atoms with van der Waals surface area (Å²) in [5, 5.41) is 12.3. The van der Waals surface area contributed by atoms with Crippen molar-refractivity contribution in [1.82, 2.24) is 10.2 Å². The highest BCUT2D eigenvalue weighted by atomic mass is 16.4. The van der Waals surface area contributed by atoms with Crippen LogP contribution >= 0.6 is 0 Å². The molecule has 1 aliphatic rings. The smallest absolute Gasteiger partial charge is 0.329 e. The Balaban J connectivity index is 2.78. The zero-order valence-electron chi connectivity index (χ0n) is 11.0.